The second kappa shape index (κ2) is 13.9. The van der Waals surface area contributed by atoms with Gasteiger partial charge in [0.15, 0.2) is 0 Å². The maximum Gasteiger partial charge on any atom is 0.354 e. The Bertz CT molecular complexity index is 1710. The average Bonchev–Trinajstić information content (AvgIpc) is 3.07. The van der Waals surface area contributed by atoms with Crippen LogP contribution in [0.15, 0.2) is 157 Å². The van der Waals surface area contributed by atoms with Crippen molar-refractivity contribution in [2.75, 3.05) is 0 Å². The van der Waals surface area contributed by atoms with Crippen LogP contribution in [0.2, 0.25) is 0 Å². The number of benzene rings is 5. The molecule has 6 nitrogen and oxygen atoms in total. The van der Waals surface area contributed by atoms with Crippen LogP contribution in [0.3, 0.4) is 0 Å². The molecule has 44 heavy (non-hydrogen) atoms. The molecule has 5 aromatic carbocycles. The molecule has 0 saturated carbocycles. The van der Waals surface area contributed by atoms with Crippen molar-refractivity contribution in [2.24, 2.45) is 0 Å². The Kier molecular flexibility index (Phi) is 9.17. The maximum atomic E-state index is 13.4. The molecule has 0 unspecified atom stereocenters. The molecule has 0 aliphatic heterocycles. The number of nitrogens with zero attached hydrogens (tertiary/aromatic N) is 2. The second-order valence-corrected chi connectivity index (χ2v) is 9.44. The number of ether oxygens (including phenoxy) is 2. The first kappa shape index (κ1) is 29.0. The molecule has 0 saturated heterocycles. The lowest BCUT2D eigenvalue weighted by atomic mass is 9.93. The molecule has 0 aliphatic rings. The van der Waals surface area contributed by atoms with E-state index in [4.69, 9.17) is 9.47 Å². The molecule has 0 atom stereocenters. The molecule has 5 rings (SSSR count). The van der Waals surface area contributed by atoms with Crippen LogP contribution in [0.25, 0.3) is 11.1 Å². The Hall–Kier alpha value is -6.50. The summed E-state index contributed by atoms with van der Waals surface area (Å²) < 4.78 is 11.2. The minimum Gasteiger partial charge on any atom is -0.422 e. The molecule has 0 N–H and O–H groups in total. The largest absolute Gasteiger partial charge is 0.422 e. The maximum absolute atomic E-state index is 13.4. The molecule has 0 spiro atoms. The van der Waals surface area contributed by atoms with Crippen LogP contribution in [-0.2, 0) is 9.59 Å². The van der Waals surface area contributed by atoms with Gasteiger partial charge in [-0.05, 0) is 34.4 Å². The zero-order valence-corrected chi connectivity index (χ0v) is 23.4. The summed E-state index contributed by atoms with van der Waals surface area (Å²) in [5, 5.41) is 20.1. The summed E-state index contributed by atoms with van der Waals surface area (Å²) in [6.07, 6.45) is 0. The molecule has 0 amide bonds. The number of esters is 2. The van der Waals surface area contributed by atoms with E-state index < -0.39 is 11.9 Å². The Morgan fingerprint density at radius 1 is 0.432 bits per heavy atom. The smallest absolute Gasteiger partial charge is 0.354 e. The number of carbonyl (C=O) groups excluding carboxylic acids is 2. The highest BCUT2D eigenvalue weighted by Crippen LogP contribution is 2.30. The van der Waals surface area contributed by atoms with Crippen molar-refractivity contribution in [3.05, 3.63) is 179 Å². The number of hydrogen-bond acceptors (Lipinski definition) is 6. The Morgan fingerprint density at radius 3 is 1.00 bits per heavy atom. The predicted molar refractivity (Wildman–Crippen MR) is 167 cm³/mol. The molecule has 5 aromatic rings. The average molecular weight is 573 g/mol. The number of carbonyl (C=O) groups is 2. The highest BCUT2D eigenvalue weighted by atomic mass is 16.5. The van der Waals surface area contributed by atoms with Gasteiger partial charge in [-0.2, -0.15) is 10.5 Å². The second-order valence-electron chi connectivity index (χ2n) is 9.44. The molecule has 0 bridgehead atoms. The third-order valence-corrected chi connectivity index (χ3v) is 6.61. The first-order valence-electron chi connectivity index (χ1n) is 13.6. The van der Waals surface area contributed by atoms with E-state index in [1.807, 2.05) is 133 Å². The molecular weight excluding hydrogens is 548 g/mol. The minimum absolute atomic E-state index is 0.0577. The topological polar surface area (TPSA) is 100 Å². The number of hydrogen-bond donors (Lipinski definition) is 0. The number of nitriles is 2. The number of rotatable bonds is 8. The first-order chi connectivity index (χ1) is 21.6. The van der Waals surface area contributed by atoms with Crippen molar-refractivity contribution < 1.29 is 19.1 Å². The lowest BCUT2D eigenvalue weighted by Crippen LogP contribution is -2.14. The Labute approximate surface area is 255 Å². The van der Waals surface area contributed by atoms with Crippen LogP contribution in [0.4, 0.5) is 0 Å². The fourth-order valence-electron chi connectivity index (χ4n) is 4.65. The van der Waals surface area contributed by atoms with Gasteiger partial charge in [0.25, 0.3) is 0 Å². The van der Waals surface area contributed by atoms with Crippen molar-refractivity contribution >= 4 is 23.1 Å². The van der Waals surface area contributed by atoms with E-state index in [1.165, 1.54) is 18.2 Å². The highest BCUT2D eigenvalue weighted by Gasteiger charge is 2.23. The van der Waals surface area contributed by atoms with Gasteiger partial charge in [0.1, 0.15) is 34.8 Å². The molecule has 0 fully saturated rings. The Morgan fingerprint density at radius 2 is 0.727 bits per heavy atom. The third kappa shape index (κ3) is 6.69. The summed E-state index contributed by atoms with van der Waals surface area (Å²) in [6.45, 7) is 0. The zero-order valence-electron chi connectivity index (χ0n) is 23.4. The van der Waals surface area contributed by atoms with Gasteiger partial charge in [0, 0.05) is 17.2 Å². The van der Waals surface area contributed by atoms with E-state index in [2.05, 4.69) is 0 Å². The summed E-state index contributed by atoms with van der Waals surface area (Å²) in [5.41, 5.74) is 3.21. The lowest BCUT2D eigenvalue weighted by molar-refractivity contribution is -0.130. The quantitative estimate of drug-likeness (QED) is 0.0824. The summed E-state index contributed by atoms with van der Waals surface area (Å²) in [7, 11) is 0. The van der Waals surface area contributed by atoms with E-state index in [0.29, 0.717) is 33.4 Å². The van der Waals surface area contributed by atoms with Crippen molar-refractivity contribution in [1.82, 2.24) is 0 Å². The molecule has 0 aromatic heterocycles. The van der Waals surface area contributed by atoms with Crippen LogP contribution in [0.5, 0.6) is 11.5 Å². The predicted octanol–water partition coefficient (Wildman–Crippen LogP) is 7.55. The molecule has 0 heterocycles. The molecule has 0 aliphatic carbocycles. The van der Waals surface area contributed by atoms with Gasteiger partial charge < -0.3 is 9.47 Å². The van der Waals surface area contributed by atoms with Crippen LogP contribution >= 0.6 is 0 Å². The molecular formula is C38H24N2O4. The van der Waals surface area contributed by atoms with Crippen molar-refractivity contribution in [3.8, 4) is 23.6 Å². The van der Waals surface area contributed by atoms with Crippen LogP contribution in [-0.4, -0.2) is 11.9 Å². The van der Waals surface area contributed by atoms with Gasteiger partial charge in [-0.1, -0.05) is 127 Å². The van der Waals surface area contributed by atoms with Crippen molar-refractivity contribution in [2.45, 2.75) is 0 Å². The van der Waals surface area contributed by atoms with E-state index >= 15 is 0 Å². The molecule has 210 valence electrons. The summed E-state index contributed by atoms with van der Waals surface area (Å²) in [6, 6.07) is 46.4. The van der Waals surface area contributed by atoms with Crippen LogP contribution in [0, 0.1) is 22.7 Å². The van der Waals surface area contributed by atoms with Gasteiger partial charge in [-0.25, -0.2) is 9.59 Å². The summed E-state index contributed by atoms with van der Waals surface area (Å²) in [4.78, 5) is 26.7. The van der Waals surface area contributed by atoms with Crippen LogP contribution < -0.4 is 9.47 Å². The fourth-order valence-corrected chi connectivity index (χ4v) is 4.65. The first-order valence-corrected chi connectivity index (χ1v) is 13.6. The Balaban J connectivity index is 1.46. The monoisotopic (exact) mass is 572 g/mol. The lowest BCUT2D eigenvalue weighted by Gasteiger charge is -2.13. The van der Waals surface area contributed by atoms with E-state index in [0.717, 1.165) is 0 Å². The van der Waals surface area contributed by atoms with Gasteiger partial charge >= 0.3 is 11.9 Å². The SMILES string of the molecule is N#CC(C(=O)Oc1cccc(OC(=O)C(C#N)=C(c2ccccc2)c2ccccc2)c1)=C(c1ccccc1)c1ccccc1. The fraction of sp³-hybridized carbons (Fsp3) is 0. The van der Waals surface area contributed by atoms with E-state index in [1.54, 1.807) is 6.07 Å². The van der Waals surface area contributed by atoms with E-state index in [9.17, 15) is 20.1 Å². The minimum atomic E-state index is -0.869. The van der Waals surface area contributed by atoms with E-state index in [-0.39, 0.29) is 22.6 Å². The zero-order chi connectivity index (χ0) is 30.7. The third-order valence-electron chi connectivity index (χ3n) is 6.61. The van der Waals surface area contributed by atoms with Gasteiger partial charge in [0.2, 0.25) is 0 Å². The highest BCUT2D eigenvalue weighted by molar-refractivity contribution is 6.07. The van der Waals surface area contributed by atoms with Gasteiger partial charge in [-0.3, -0.25) is 0 Å². The normalized spacial score (nSPS) is 9.95. The summed E-state index contributed by atoms with van der Waals surface area (Å²) >= 11 is 0. The van der Waals surface area contributed by atoms with Gasteiger partial charge in [-0.15, -0.1) is 0 Å². The van der Waals surface area contributed by atoms with Gasteiger partial charge in [0.05, 0.1) is 0 Å². The van der Waals surface area contributed by atoms with Crippen LogP contribution in [0.1, 0.15) is 22.3 Å². The van der Waals surface area contributed by atoms with Crippen molar-refractivity contribution in [3.63, 3.8) is 0 Å². The summed E-state index contributed by atoms with van der Waals surface area (Å²) in [5.74, 6) is -1.62. The van der Waals surface area contributed by atoms with Crippen molar-refractivity contribution in [1.29, 1.82) is 10.5 Å². The standard InChI is InChI=1S/C38H24N2O4/c39-25-33(35(27-14-5-1-6-15-27)28-16-7-2-8-17-28)37(41)43-31-22-13-23-32(24-31)44-38(42)34(26-40)36(29-18-9-3-10-19-29)30-20-11-4-12-21-30/h1-24H. The molecule has 6 heteroatoms. The molecule has 0 radical (unpaired) electrons.